The van der Waals surface area contributed by atoms with Crippen LogP contribution in [0.2, 0.25) is 0 Å². The summed E-state index contributed by atoms with van der Waals surface area (Å²) >= 11 is 0. The number of aromatic nitrogens is 2. The van der Waals surface area contributed by atoms with Gasteiger partial charge in [-0.25, -0.2) is 14.4 Å². The number of rotatable bonds is 1. The second-order valence-electron chi connectivity index (χ2n) is 4.11. The molecule has 0 atom stereocenters. The van der Waals surface area contributed by atoms with Crippen LogP contribution in [0.25, 0.3) is 11.3 Å². The van der Waals surface area contributed by atoms with Gasteiger partial charge in [0, 0.05) is 11.1 Å². The van der Waals surface area contributed by atoms with Crippen molar-refractivity contribution in [1.29, 1.82) is 5.26 Å². The molecule has 88 valence electrons. The van der Waals surface area contributed by atoms with Gasteiger partial charge in [0.1, 0.15) is 12.1 Å². The summed E-state index contributed by atoms with van der Waals surface area (Å²) < 4.78 is 12.9. The van der Waals surface area contributed by atoms with Crippen molar-refractivity contribution in [1.82, 2.24) is 14.9 Å². The molecule has 2 aromatic rings. The molecule has 0 saturated carbocycles. The molecular weight excluding hydrogens is 231 g/mol. The fraction of sp³-hybridized carbons (Fsp3) is 0.154. The van der Waals surface area contributed by atoms with Gasteiger partial charge in [-0.2, -0.15) is 5.26 Å². The minimum absolute atomic E-state index is 0.275. The Morgan fingerprint density at radius 2 is 1.94 bits per heavy atom. The number of hydrogen-bond donors (Lipinski definition) is 0. The third-order valence-corrected chi connectivity index (χ3v) is 2.98. The van der Waals surface area contributed by atoms with Crippen molar-refractivity contribution in [3.05, 3.63) is 47.7 Å². The van der Waals surface area contributed by atoms with E-state index in [0.717, 1.165) is 22.5 Å². The largest absolute Gasteiger partial charge is 0.300 e. The van der Waals surface area contributed by atoms with Crippen LogP contribution in [0, 0.1) is 17.3 Å². The molecule has 1 aliphatic heterocycles. The van der Waals surface area contributed by atoms with Gasteiger partial charge in [-0.3, -0.25) is 0 Å². The molecule has 0 aliphatic carbocycles. The molecule has 1 aromatic heterocycles. The Morgan fingerprint density at radius 3 is 2.67 bits per heavy atom. The molecule has 0 fully saturated rings. The van der Waals surface area contributed by atoms with Crippen LogP contribution in [0.5, 0.6) is 0 Å². The maximum Gasteiger partial charge on any atom is 0.180 e. The van der Waals surface area contributed by atoms with Gasteiger partial charge in [0.15, 0.2) is 6.19 Å². The highest BCUT2D eigenvalue weighted by molar-refractivity contribution is 5.64. The summed E-state index contributed by atoms with van der Waals surface area (Å²) in [5.41, 5.74) is 3.43. The summed E-state index contributed by atoms with van der Waals surface area (Å²) in [6.07, 6.45) is 3.59. The molecule has 0 bridgehead atoms. The van der Waals surface area contributed by atoms with E-state index in [-0.39, 0.29) is 5.82 Å². The zero-order chi connectivity index (χ0) is 12.5. The number of nitrogens with zero attached hydrogens (tertiary/aromatic N) is 4. The standard InChI is InChI=1S/C13H9FN4/c14-10-3-1-9(2-4-10)13-11-5-18(7-15)6-12(11)16-8-17-13/h1-4,8H,5-6H2. The zero-order valence-corrected chi connectivity index (χ0v) is 9.47. The predicted molar refractivity (Wildman–Crippen MR) is 62.3 cm³/mol. The molecular formula is C13H9FN4. The monoisotopic (exact) mass is 240 g/mol. The van der Waals surface area contributed by atoms with E-state index in [9.17, 15) is 4.39 Å². The molecule has 4 nitrogen and oxygen atoms in total. The van der Waals surface area contributed by atoms with Crippen LogP contribution in [0.4, 0.5) is 4.39 Å². The molecule has 0 unspecified atom stereocenters. The van der Waals surface area contributed by atoms with Crippen molar-refractivity contribution in [2.24, 2.45) is 0 Å². The van der Waals surface area contributed by atoms with Gasteiger partial charge in [0.25, 0.3) is 0 Å². The number of nitriles is 1. The highest BCUT2D eigenvalue weighted by Crippen LogP contribution is 2.29. The van der Waals surface area contributed by atoms with Crippen molar-refractivity contribution >= 4 is 0 Å². The Labute approximate surface area is 103 Å². The molecule has 0 saturated heterocycles. The number of hydrogen-bond acceptors (Lipinski definition) is 4. The SMILES string of the molecule is N#CN1Cc2ncnc(-c3ccc(F)cc3)c2C1. The fourth-order valence-corrected chi connectivity index (χ4v) is 2.11. The van der Waals surface area contributed by atoms with Gasteiger partial charge < -0.3 is 4.90 Å². The second-order valence-corrected chi connectivity index (χ2v) is 4.11. The van der Waals surface area contributed by atoms with Gasteiger partial charge in [0.2, 0.25) is 0 Å². The molecule has 0 spiro atoms. The lowest BCUT2D eigenvalue weighted by molar-refractivity contribution is 0.415. The van der Waals surface area contributed by atoms with Crippen LogP contribution in [-0.4, -0.2) is 14.9 Å². The molecule has 2 heterocycles. The number of halogens is 1. The quantitative estimate of drug-likeness (QED) is 0.716. The zero-order valence-electron chi connectivity index (χ0n) is 9.47. The van der Waals surface area contributed by atoms with Crippen LogP contribution in [0.1, 0.15) is 11.3 Å². The van der Waals surface area contributed by atoms with Crippen molar-refractivity contribution in [2.75, 3.05) is 0 Å². The maximum absolute atomic E-state index is 12.9. The van der Waals surface area contributed by atoms with Crippen LogP contribution < -0.4 is 0 Å². The van der Waals surface area contributed by atoms with Crippen molar-refractivity contribution in [2.45, 2.75) is 13.1 Å². The summed E-state index contributed by atoms with van der Waals surface area (Å²) in [4.78, 5) is 10.1. The number of benzene rings is 1. The molecule has 3 rings (SSSR count). The lowest BCUT2D eigenvalue weighted by Crippen LogP contribution is -2.07. The average Bonchev–Trinajstić information content (AvgIpc) is 2.82. The van der Waals surface area contributed by atoms with Gasteiger partial charge >= 0.3 is 0 Å². The molecule has 0 amide bonds. The van der Waals surface area contributed by atoms with E-state index in [1.165, 1.54) is 18.5 Å². The Balaban J connectivity index is 2.08. The summed E-state index contributed by atoms with van der Waals surface area (Å²) in [5.74, 6) is -0.275. The van der Waals surface area contributed by atoms with E-state index in [4.69, 9.17) is 5.26 Å². The number of fused-ring (bicyclic) bond motifs is 1. The molecule has 0 radical (unpaired) electrons. The molecule has 1 aliphatic rings. The minimum Gasteiger partial charge on any atom is -0.300 e. The average molecular weight is 240 g/mol. The Morgan fingerprint density at radius 1 is 1.17 bits per heavy atom. The summed E-state index contributed by atoms with van der Waals surface area (Å²) in [5, 5.41) is 8.91. The van der Waals surface area contributed by atoms with Crippen LogP contribution in [0.3, 0.4) is 0 Å². The molecule has 0 N–H and O–H groups in total. The van der Waals surface area contributed by atoms with E-state index in [1.807, 2.05) is 0 Å². The van der Waals surface area contributed by atoms with Gasteiger partial charge in [-0.05, 0) is 24.3 Å². The van der Waals surface area contributed by atoms with Crippen molar-refractivity contribution in [3.8, 4) is 17.5 Å². The maximum atomic E-state index is 12.9. The van der Waals surface area contributed by atoms with E-state index < -0.39 is 0 Å². The van der Waals surface area contributed by atoms with Crippen LogP contribution in [0.15, 0.2) is 30.6 Å². The topological polar surface area (TPSA) is 52.8 Å². The van der Waals surface area contributed by atoms with Crippen LogP contribution in [-0.2, 0) is 13.1 Å². The predicted octanol–water partition coefficient (Wildman–Crippen LogP) is 2.08. The van der Waals surface area contributed by atoms with E-state index in [2.05, 4.69) is 16.2 Å². The van der Waals surface area contributed by atoms with Gasteiger partial charge in [-0.1, -0.05) is 0 Å². The molecule has 1 aromatic carbocycles. The van der Waals surface area contributed by atoms with Gasteiger partial charge in [0.05, 0.1) is 24.5 Å². The summed E-state index contributed by atoms with van der Waals surface area (Å²) in [7, 11) is 0. The lowest BCUT2D eigenvalue weighted by Gasteiger charge is -2.06. The lowest BCUT2D eigenvalue weighted by atomic mass is 10.1. The van der Waals surface area contributed by atoms with E-state index >= 15 is 0 Å². The van der Waals surface area contributed by atoms with E-state index in [0.29, 0.717) is 13.1 Å². The summed E-state index contributed by atoms with van der Waals surface area (Å²) in [6.45, 7) is 1.03. The first-order valence-corrected chi connectivity index (χ1v) is 5.51. The third-order valence-electron chi connectivity index (χ3n) is 2.98. The molecule has 18 heavy (non-hydrogen) atoms. The first kappa shape index (κ1) is 10.7. The van der Waals surface area contributed by atoms with Crippen molar-refractivity contribution < 1.29 is 4.39 Å². The van der Waals surface area contributed by atoms with Crippen molar-refractivity contribution in [3.63, 3.8) is 0 Å². The Kier molecular flexibility index (Phi) is 2.41. The fourth-order valence-electron chi connectivity index (χ4n) is 2.11. The Bertz CT molecular complexity index is 630. The molecule has 5 heteroatoms. The highest BCUT2D eigenvalue weighted by Gasteiger charge is 2.23. The first-order chi connectivity index (χ1) is 8.78. The van der Waals surface area contributed by atoms with Crippen LogP contribution >= 0.6 is 0 Å². The van der Waals surface area contributed by atoms with Gasteiger partial charge in [-0.15, -0.1) is 0 Å². The normalized spacial score (nSPS) is 13.2. The summed E-state index contributed by atoms with van der Waals surface area (Å²) in [6, 6.07) is 6.18. The van der Waals surface area contributed by atoms with E-state index in [1.54, 1.807) is 17.0 Å². The first-order valence-electron chi connectivity index (χ1n) is 5.51. The second kappa shape index (κ2) is 4.08. The Hall–Kier alpha value is -2.48. The third kappa shape index (κ3) is 1.68. The smallest absolute Gasteiger partial charge is 0.180 e. The minimum atomic E-state index is -0.275. The highest BCUT2D eigenvalue weighted by atomic mass is 19.1.